The first kappa shape index (κ1) is 7.80. The molecule has 0 heterocycles. The lowest BCUT2D eigenvalue weighted by Gasteiger charge is -2.81. The number of hydrogen-bond acceptors (Lipinski definition) is 2. The maximum Gasteiger partial charge on any atom is 0.240 e. The monoisotopic (exact) mass is 180 g/mol. The molecule has 0 unspecified atom stereocenters. The van der Waals surface area contributed by atoms with Gasteiger partial charge in [0.05, 0.1) is 5.41 Å². The van der Waals surface area contributed by atoms with Gasteiger partial charge in [-0.1, -0.05) is 13.8 Å². The predicted molar refractivity (Wildman–Crippen MR) is 48.3 cm³/mol. The van der Waals surface area contributed by atoms with E-state index in [2.05, 4.69) is 19.3 Å². The number of nitrogens with one attached hydrogen (secondary N) is 1. The van der Waals surface area contributed by atoms with Gasteiger partial charge in [-0.25, -0.2) is 5.84 Å². The Labute approximate surface area is 78.0 Å². The van der Waals surface area contributed by atoms with Gasteiger partial charge in [0, 0.05) is 0 Å². The van der Waals surface area contributed by atoms with Gasteiger partial charge in [0.25, 0.3) is 0 Å². The molecule has 3 N–H and O–H groups in total. The van der Waals surface area contributed by atoms with Gasteiger partial charge in [-0.15, -0.1) is 0 Å². The molecular formula is C10H16N2O. The number of rotatable bonds is 1. The predicted octanol–water partition coefficient (Wildman–Crippen LogP) is 0.803. The summed E-state index contributed by atoms with van der Waals surface area (Å²) >= 11 is 0. The highest BCUT2D eigenvalue weighted by Crippen LogP contribution is 2.93. The summed E-state index contributed by atoms with van der Waals surface area (Å²) in [7, 11) is 0. The normalized spacial score (nSPS) is 61.0. The summed E-state index contributed by atoms with van der Waals surface area (Å²) in [6, 6.07) is 0. The first-order valence-electron chi connectivity index (χ1n) is 5.04. The van der Waals surface area contributed by atoms with Crippen LogP contribution in [0.5, 0.6) is 0 Å². The van der Waals surface area contributed by atoms with Crippen LogP contribution >= 0.6 is 0 Å². The van der Waals surface area contributed by atoms with Crippen molar-refractivity contribution in [1.29, 1.82) is 0 Å². The van der Waals surface area contributed by atoms with Crippen molar-refractivity contribution in [2.75, 3.05) is 0 Å². The number of carbonyl (C=O) groups is 1. The van der Waals surface area contributed by atoms with Crippen LogP contribution in [0.2, 0.25) is 0 Å². The second-order valence-corrected chi connectivity index (χ2v) is 5.46. The second kappa shape index (κ2) is 1.65. The minimum Gasteiger partial charge on any atom is -0.294 e. The topological polar surface area (TPSA) is 55.1 Å². The van der Waals surface area contributed by atoms with E-state index in [0.29, 0.717) is 11.3 Å². The molecule has 0 aromatic rings. The van der Waals surface area contributed by atoms with Crippen molar-refractivity contribution >= 4 is 5.91 Å². The second-order valence-electron chi connectivity index (χ2n) is 5.46. The molecule has 5 saturated carbocycles. The molecule has 0 saturated heterocycles. The van der Waals surface area contributed by atoms with Gasteiger partial charge in [0.2, 0.25) is 5.91 Å². The average Bonchev–Trinajstić information content (AvgIpc) is 2.48. The van der Waals surface area contributed by atoms with Crippen LogP contribution in [0.15, 0.2) is 0 Å². The van der Waals surface area contributed by atoms with E-state index in [0.717, 1.165) is 6.42 Å². The fourth-order valence-electron chi connectivity index (χ4n) is 4.85. The molecule has 1 amide bonds. The summed E-state index contributed by atoms with van der Waals surface area (Å²) in [5.41, 5.74) is 2.99. The zero-order valence-electron chi connectivity index (χ0n) is 8.18. The molecule has 5 rings (SSSR count). The Kier molecular flexibility index (Phi) is 0.991. The Bertz CT molecular complexity index is 316. The Hall–Kier alpha value is -0.570. The summed E-state index contributed by atoms with van der Waals surface area (Å²) in [6.45, 7) is 4.59. The van der Waals surface area contributed by atoms with Crippen molar-refractivity contribution in [1.82, 2.24) is 5.43 Å². The average molecular weight is 180 g/mol. The Morgan fingerprint density at radius 3 is 2.62 bits per heavy atom. The van der Waals surface area contributed by atoms with Crippen LogP contribution in [0.25, 0.3) is 0 Å². The minimum atomic E-state index is -0.0729. The summed E-state index contributed by atoms with van der Waals surface area (Å²) in [5, 5.41) is 0. The van der Waals surface area contributed by atoms with Crippen molar-refractivity contribution in [3.63, 3.8) is 0 Å². The first-order valence-corrected chi connectivity index (χ1v) is 5.04. The quantitative estimate of drug-likeness (QED) is 0.356. The van der Waals surface area contributed by atoms with E-state index in [1.807, 2.05) is 0 Å². The SMILES string of the molecule is C[C@]12CC[C@@H]3[C@@]1(C)C[C@@]32C(=O)NN. The van der Waals surface area contributed by atoms with Crippen LogP contribution in [-0.2, 0) is 4.79 Å². The molecule has 4 bridgehead atoms. The molecular weight excluding hydrogens is 164 g/mol. The zero-order chi connectivity index (χ0) is 9.48. The van der Waals surface area contributed by atoms with E-state index in [4.69, 9.17) is 5.84 Å². The fourth-order valence-corrected chi connectivity index (χ4v) is 4.85. The van der Waals surface area contributed by atoms with Crippen molar-refractivity contribution < 1.29 is 4.79 Å². The molecule has 0 spiro atoms. The Balaban J connectivity index is 2.03. The van der Waals surface area contributed by atoms with Gasteiger partial charge in [-0.2, -0.15) is 0 Å². The standard InChI is InChI=1S/C10H16N2O/c1-8-5-10(7(13)12-11)6(8)3-4-9(8,10)2/h6H,3-5,11H2,1-2H3,(H,12,13)/t6-,8-,9+,10+/m1/s1. The molecule has 0 aromatic heterocycles. The molecule has 5 aliphatic carbocycles. The lowest BCUT2D eigenvalue weighted by molar-refractivity contribution is -0.328. The number of hydrazine groups is 1. The van der Waals surface area contributed by atoms with Gasteiger partial charge in [0.1, 0.15) is 0 Å². The number of fused-ring (bicyclic) bond motifs is 1. The van der Waals surface area contributed by atoms with E-state index >= 15 is 0 Å². The molecule has 3 nitrogen and oxygen atoms in total. The Morgan fingerprint density at radius 1 is 1.54 bits per heavy atom. The molecule has 0 aromatic carbocycles. The fraction of sp³-hybridized carbons (Fsp3) is 0.900. The van der Waals surface area contributed by atoms with Gasteiger partial charge >= 0.3 is 0 Å². The minimum absolute atomic E-state index is 0.0729. The molecule has 5 fully saturated rings. The van der Waals surface area contributed by atoms with Crippen LogP contribution in [0, 0.1) is 22.2 Å². The van der Waals surface area contributed by atoms with Gasteiger partial charge in [-0.05, 0) is 36.0 Å². The molecule has 13 heavy (non-hydrogen) atoms. The molecule has 0 radical (unpaired) electrons. The third kappa shape index (κ3) is 0.416. The summed E-state index contributed by atoms with van der Waals surface area (Å²) in [6.07, 6.45) is 3.49. The van der Waals surface area contributed by atoms with Gasteiger partial charge < -0.3 is 0 Å². The van der Waals surface area contributed by atoms with E-state index in [9.17, 15) is 4.79 Å². The first-order chi connectivity index (χ1) is 6.03. The van der Waals surface area contributed by atoms with Crippen molar-refractivity contribution in [3.05, 3.63) is 0 Å². The third-order valence-electron chi connectivity index (χ3n) is 5.72. The lowest BCUT2D eigenvalue weighted by atomic mass is 9.21. The van der Waals surface area contributed by atoms with E-state index < -0.39 is 0 Å². The van der Waals surface area contributed by atoms with E-state index in [-0.39, 0.29) is 16.7 Å². The number of nitrogens with two attached hydrogens (primary N) is 1. The smallest absolute Gasteiger partial charge is 0.240 e. The van der Waals surface area contributed by atoms with Crippen LogP contribution in [0.4, 0.5) is 0 Å². The summed E-state index contributed by atoms with van der Waals surface area (Å²) in [4.78, 5) is 11.7. The maximum absolute atomic E-state index is 11.7. The largest absolute Gasteiger partial charge is 0.294 e. The van der Waals surface area contributed by atoms with Crippen LogP contribution < -0.4 is 11.3 Å². The maximum atomic E-state index is 11.7. The Morgan fingerprint density at radius 2 is 2.23 bits per heavy atom. The highest BCUT2D eigenvalue weighted by molar-refractivity contribution is 5.89. The number of carbonyl (C=O) groups excluding carboxylic acids is 1. The summed E-state index contributed by atoms with van der Waals surface area (Å²) in [5.74, 6) is 5.95. The number of amides is 1. The third-order valence-corrected chi connectivity index (χ3v) is 5.72. The molecule has 0 aliphatic heterocycles. The van der Waals surface area contributed by atoms with Crippen LogP contribution in [0.1, 0.15) is 33.1 Å². The van der Waals surface area contributed by atoms with E-state index in [1.54, 1.807) is 0 Å². The van der Waals surface area contributed by atoms with Crippen LogP contribution in [-0.4, -0.2) is 5.91 Å². The zero-order valence-corrected chi connectivity index (χ0v) is 8.18. The lowest BCUT2D eigenvalue weighted by Crippen LogP contribution is -2.82. The number of hydrogen-bond donors (Lipinski definition) is 2. The van der Waals surface area contributed by atoms with Crippen LogP contribution in [0.3, 0.4) is 0 Å². The van der Waals surface area contributed by atoms with Crippen molar-refractivity contribution in [3.8, 4) is 0 Å². The molecule has 72 valence electrons. The molecule has 3 heteroatoms. The van der Waals surface area contributed by atoms with Gasteiger partial charge in [-0.3, -0.25) is 10.2 Å². The summed E-state index contributed by atoms with van der Waals surface area (Å²) < 4.78 is 0. The van der Waals surface area contributed by atoms with Gasteiger partial charge in [0.15, 0.2) is 0 Å². The molecule has 4 atom stereocenters. The van der Waals surface area contributed by atoms with E-state index in [1.165, 1.54) is 12.8 Å². The highest BCUT2D eigenvalue weighted by atomic mass is 16.2. The van der Waals surface area contributed by atoms with Crippen molar-refractivity contribution in [2.24, 2.45) is 28.0 Å². The molecule has 5 aliphatic rings. The van der Waals surface area contributed by atoms with Crippen molar-refractivity contribution in [2.45, 2.75) is 33.1 Å². The highest BCUT2D eigenvalue weighted by Gasteiger charge is 2.91.